The molecule has 0 aliphatic carbocycles. The minimum absolute atomic E-state index is 0.227. The molecule has 0 bridgehead atoms. The summed E-state index contributed by atoms with van der Waals surface area (Å²) in [4.78, 5) is 13.5. The minimum Gasteiger partial charge on any atom is -0.491 e. The number of nitrogens with zero attached hydrogens (tertiary/aromatic N) is 1. The molecule has 112 valence electrons. The van der Waals surface area contributed by atoms with Crippen LogP contribution in [0.3, 0.4) is 0 Å². The molecule has 0 heterocycles. The third-order valence-electron chi connectivity index (χ3n) is 3.36. The van der Waals surface area contributed by atoms with Crippen molar-refractivity contribution in [1.29, 1.82) is 0 Å². The van der Waals surface area contributed by atoms with Crippen molar-refractivity contribution in [3.63, 3.8) is 0 Å². The van der Waals surface area contributed by atoms with Gasteiger partial charge in [0, 0.05) is 18.6 Å². The number of hydrogen-bond acceptors (Lipinski definition) is 3. The van der Waals surface area contributed by atoms with Gasteiger partial charge in [0.15, 0.2) is 0 Å². The third-order valence-corrected chi connectivity index (χ3v) is 3.36. The lowest BCUT2D eigenvalue weighted by molar-refractivity contribution is 0.0690. The maximum Gasteiger partial charge on any atom is 0.339 e. The van der Waals surface area contributed by atoms with Crippen LogP contribution in [-0.2, 0) is 0 Å². The fraction of sp³-hybridized carbons (Fsp3) is 0.562. The van der Waals surface area contributed by atoms with E-state index in [1.54, 1.807) is 12.1 Å². The number of carboxylic acids is 1. The molecule has 20 heavy (non-hydrogen) atoms. The molecule has 1 rings (SSSR count). The molecule has 0 radical (unpaired) electrons. The van der Waals surface area contributed by atoms with Gasteiger partial charge in [-0.1, -0.05) is 12.1 Å². The molecule has 4 heteroatoms. The second-order valence-electron chi connectivity index (χ2n) is 5.53. The smallest absolute Gasteiger partial charge is 0.339 e. The largest absolute Gasteiger partial charge is 0.491 e. The van der Waals surface area contributed by atoms with Gasteiger partial charge in [-0.15, -0.1) is 0 Å². The number of aromatic carboxylic acids is 1. The Labute approximate surface area is 121 Å². The Kier molecular flexibility index (Phi) is 6.02. The Bertz CT molecular complexity index is 447. The summed E-state index contributed by atoms with van der Waals surface area (Å²) in [5.41, 5.74) is 1.08. The summed E-state index contributed by atoms with van der Waals surface area (Å²) < 4.78 is 5.74. The molecule has 0 amide bonds. The molecule has 1 aromatic carbocycles. The quantitative estimate of drug-likeness (QED) is 0.832. The lowest BCUT2D eigenvalue weighted by Gasteiger charge is -2.30. The summed E-state index contributed by atoms with van der Waals surface area (Å²) in [6.07, 6.45) is 0. The second-order valence-corrected chi connectivity index (χ2v) is 5.53. The number of rotatable bonds is 7. The van der Waals surface area contributed by atoms with Crippen LogP contribution in [-0.4, -0.2) is 41.2 Å². The van der Waals surface area contributed by atoms with Gasteiger partial charge in [0.05, 0.1) is 0 Å². The number of para-hydroxylation sites is 1. The highest BCUT2D eigenvalue weighted by Gasteiger charge is 2.16. The first kappa shape index (κ1) is 16.5. The molecule has 0 saturated heterocycles. The minimum atomic E-state index is -0.951. The van der Waals surface area contributed by atoms with Crippen LogP contribution in [0.5, 0.6) is 5.75 Å². The maximum absolute atomic E-state index is 11.2. The van der Waals surface area contributed by atoms with E-state index in [0.29, 0.717) is 24.4 Å². The van der Waals surface area contributed by atoms with Crippen molar-refractivity contribution in [2.75, 3.05) is 13.2 Å². The number of aryl methyl sites for hydroxylation is 1. The fourth-order valence-corrected chi connectivity index (χ4v) is 2.38. The Morgan fingerprint density at radius 1 is 1.25 bits per heavy atom. The topological polar surface area (TPSA) is 49.8 Å². The zero-order chi connectivity index (χ0) is 15.3. The van der Waals surface area contributed by atoms with Crippen molar-refractivity contribution < 1.29 is 14.6 Å². The van der Waals surface area contributed by atoms with Gasteiger partial charge in [0.25, 0.3) is 0 Å². The van der Waals surface area contributed by atoms with E-state index in [1.165, 1.54) is 0 Å². The molecule has 1 aromatic rings. The maximum atomic E-state index is 11.2. The van der Waals surface area contributed by atoms with Gasteiger partial charge >= 0.3 is 5.97 Å². The standard InChI is InChI=1S/C16H25NO3/c1-11(2)17(12(3)4)9-10-20-15-13(5)7-6-8-14(15)16(18)19/h6-8,11-12H,9-10H2,1-5H3,(H,18,19). The van der Waals surface area contributed by atoms with Crippen molar-refractivity contribution in [2.45, 2.75) is 46.7 Å². The average Bonchev–Trinajstić information content (AvgIpc) is 2.34. The van der Waals surface area contributed by atoms with Crippen molar-refractivity contribution >= 4 is 5.97 Å². The number of benzene rings is 1. The molecule has 0 atom stereocenters. The summed E-state index contributed by atoms with van der Waals surface area (Å²) in [6, 6.07) is 6.06. The van der Waals surface area contributed by atoms with Gasteiger partial charge in [-0.25, -0.2) is 4.79 Å². The molecular weight excluding hydrogens is 254 g/mol. The molecule has 0 saturated carbocycles. The van der Waals surface area contributed by atoms with E-state index in [4.69, 9.17) is 4.74 Å². The number of ether oxygens (including phenoxy) is 1. The molecule has 0 aliphatic heterocycles. The van der Waals surface area contributed by atoms with Crippen LogP contribution >= 0.6 is 0 Å². The summed E-state index contributed by atoms with van der Waals surface area (Å²) >= 11 is 0. The van der Waals surface area contributed by atoms with E-state index in [9.17, 15) is 9.90 Å². The molecule has 1 N–H and O–H groups in total. The Hall–Kier alpha value is -1.55. The van der Waals surface area contributed by atoms with Crippen LogP contribution < -0.4 is 4.74 Å². The first-order chi connectivity index (χ1) is 9.34. The van der Waals surface area contributed by atoms with E-state index >= 15 is 0 Å². The van der Waals surface area contributed by atoms with E-state index in [2.05, 4.69) is 32.6 Å². The van der Waals surface area contributed by atoms with Gasteiger partial charge in [-0.2, -0.15) is 0 Å². The van der Waals surface area contributed by atoms with Gasteiger partial charge in [0.1, 0.15) is 17.9 Å². The number of carbonyl (C=O) groups is 1. The normalized spacial score (nSPS) is 11.4. The molecule has 0 aliphatic rings. The zero-order valence-electron chi connectivity index (χ0n) is 13.0. The van der Waals surface area contributed by atoms with E-state index in [-0.39, 0.29) is 5.56 Å². The van der Waals surface area contributed by atoms with E-state index < -0.39 is 5.97 Å². The predicted molar refractivity (Wildman–Crippen MR) is 80.6 cm³/mol. The third kappa shape index (κ3) is 4.23. The highest BCUT2D eigenvalue weighted by Crippen LogP contribution is 2.23. The molecule has 0 fully saturated rings. The molecule has 4 nitrogen and oxygen atoms in total. The summed E-state index contributed by atoms with van der Waals surface area (Å²) in [7, 11) is 0. The van der Waals surface area contributed by atoms with Crippen LogP contribution in [0.1, 0.15) is 43.6 Å². The van der Waals surface area contributed by atoms with Crippen LogP contribution in [0.2, 0.25) is 0 Å². The molecule has 0 aromatic heterocycles. The van der Waals surface area contributed by atoms with Gasteiger partial charge in [0.2, 0.25) is 0 Å². The summed E-state index contributed by atoms with van der Waals surface area (Å²) in [5, 5.41) is 9.18. The van der Waals surface area contributed by atoms with Gasteiger partial charge in [-0.05, 0) is 46.2 Å². The van der Waals surface area contributed by atoms with Gasteiger partial charge < -0.3 is 9.84 Å². The number of carboxylic acid groups (broad SMARTS) is 1. The monoisotopic (exact) mass is 279 g/mol. The first-order valence-electron chi connectivity index (χ1n) is 7.06. The van der Waals surface area contributed by atoms with Crippen molar-refractivity contribution in [3.05, 3.63) is 29.3 Å². The Morgan fingerprint density at radius 3 is 2.35 bits per heavy atom. The Balaban J connectivity index is 2.73. The summed E-state index contributed by atoms with van der Waals surface area (Å²) in [5.74, 6) is -0.472. The molecule has 0 unspecified atom stereocenters. The molecule has 0 spiro atoms. The van der Waals surface area contributed by atoms with Crippen LogP contribution in [0, 0.1) is 6.92 Å². The van der Waals surface area contributed by atoms with Gasteiger partial charge in [-0.3, -0.25) is 4.90 Å². The first-order valence-corrected chi connectivity index (χ1v) is 7.06. The van der Waals surface area contributed by atoms with Crippen molar-refractivity contribution in [3.8, 4) is 5.75 Å². The fourth-order valence-electron chi connectivity index (χ4n) is 2.38. The van der Waals surface area contributed by atoms with Crippen LogP contribution in [0.15, 0.2) is 18.2 Å². The highest BCUT2D eigenvalue weighted by molar-refractivity contribution is 5.91. The molecular formula is C16H25NO3. The Morgan fingerprint density at radius 2 is 1.85 bits per heavy atom. The lowest BCUT2D eigenvalue weighted by atomic mass is 10.1. The summed E-state index contributed by atoms with van der Waals surface area (Å²) in [6.45, 7) is 11.7. The van der Waals surface area contributed by atoms with E-state index in [1.807, 2.05) is 13.0 Å². The van der Waals surface area contributed by atoms with Crippen molar-refractivity contribution in [2.24, 2.45) is 0 Å². The van der Waals surface area contributed by atoms with Crippen LogP contribution in [0.4, 0.5) is 0 Å². The zero-order valence-corrected chi connectivity index (χ0v) is 13.0. The predicted octanol–water partition coefficient (Wildman–Crippen LogP) is 3.19. The number of hydrogen-bond donors (Lipinski definition) is 1. The highest BCUT2D eigenvalue weighted by atomic mass is 16.5. The van der Waals surface area contributed by atoms with E-state index in [0.717, 1.165) is 12.1 Å². The second kappa shape index (κ2) is 7.29. The average molecular weight is 279 g/mol. The lowest BCUT2D eigenvalue weighted by Crippen LogP contribution is -2.39. The SMILES string of the molecule is Cc1cccc(C(=O)O)c1OCCN(C(C)C)C(C)C. The van der Waals surface area contributed by atoms with Crippen molar-refractivity contribution in [1.82, 2.24) is 4.90 Å². The van der Waals surface area contributed by atoms with Crippen LogP contribution in [0.25, 0.3) is 0 Å².